The van der Waals surface area contributed by atoms with Gasteiger partial charge in [-0.3, -0.25) is 0 Å². The van der Waals surface area contributed by atoms with Gasteiger partial charge in [0.05, 0.1) is 4.97 Å². The normalized spacial score (nSPS) is 11.5. The first-order valence-electron chi connectivity index (χ1n) is 9.56. The molecule has 0 heterocycles. The highest BCUT2D eigenvalue weighted by atomic mass is 35.5. The van der Waals surface area contributed by atoms with Crippen LogP contribution >= 0.6 is 0 Å². The van der Waals surface area contributed by atoms with Gasteiger partial charge in [0.2, 0.25) is 0 Å². The van der Waals surface area contributed by atoms with Crippen LogP contribution in [0, 0.1) is 0 Å². The monoisotopic (exact) mass is 353 g/mol. The summed E-state index contributed by atoms with van der Waals surface area (Å²) >= 11 is 0. The van der Waals surface area contributed by atoms with Crippen LogP contribution in [-0.2, 0) is 14.5 Å². The van der Waals surface area contributed by atoms with Gasteiger partial charge in [-0.05, 0) is 27.2 Å². The minimum Gasteiger partial charge on any atom is -1.00 e. The zero-order valence-electron chi connectivity index (χ0n) is 15.9. The largest absolute Gasteiger partial charge is 1.00 e. The first-order chi connectivity index (χ1) is 10.7. The molecule has 23 heavy (non-hydrogen) atoms. The zero-order valence-corrected chi connectivity index (χ0v) is 16.7. The summed E-state index contributed by atoms with van der Waals surface area (Å²) in [4.78, 5) is 17.0. The molecule has 4 nitrogen and oxygen atoms in total. The first-order valence-corrected chi connectivity index (χ1v) is 9.56. The van der Waals surface area contributed by atoms with Gasteiger partial charge in [-0.15, -0.1) is 14.5 Å². The number of unbranched alkanes of at least 4 members (excludes halogenated alkanes) is 9. The molecule has 0 atom stereocenters. The number of hydroxylamine groups is 3. The predicted molar refractivity (Wildman–Crippen MR) is 91.8 cm³/mol. The second-order valence-electron chi connectivity index (χ2n) is 5.77. The Hall–Kier alpha value is 0.130. The van der Waals surface area contributed by atoms with E-state index in [0.29, 0.717) is 19.8 Å². The van der Waals surface area contributed by atoms with Crippen molar-refractivity contribution in [3.63, 3.8) is 0 Å². The van der Waals surface area contributed by atoms with Gasteiger partial charge in [0.15, 0.2) is 6.54 Å². The maximum absolute atomic E-state index is 5.69. The highest BCUT2D eigenvalue weighted by Crippen LogP contribution is 2.16. The van der Waals surface area contributed by atoms with Crippen LogP contribution in [0.25, 0.3) is 0 Å². The maximum atomic E-state index is 5.69. The van der Waals surface area contributed by atoms with Gasteiger partial charge >= 0.3 is 0 Å². The molecule has 0 aromatic rings. The van der Waals surface area contributed by atoms with Crippen LogP contribution in [0.5, 0.6) is 0 Å². The predicted octanol–water partition coefficient (Wildman–Crippen LogP) is 2.58. The molecule has 0 fully saturated rings. The summed E-state index contributed by atoms with van der Waals surface area (Å²) in [6.07, 6.45) is 13.3. The minimum atomic E-state index is -0.0967. The Morgan fingerprint density at radius 3 is 1.22 bits per heavy atom. The number of halogens is 1. The molecule has 0 radical (unpaired) electrons. The van der Waals surface area contributed by atoms with Crippen LogP contribution in [0.4, 0.5) is 0 Å². The lowest BCUT2D eigenvalue weighted by atomic mass is 10.1. The molecule has 0 saturated carbocycles. The molecule has 0 unspecified atom stereocenters. The molecule has 0 aliphatic rings. The van der Waals surface area contributed by atoms with E-state index in [2.05, 4.69) is 6.92 Å². The highest BCUT2D eigenvalue weighted by Gasteiger charge is 2.33. The SMILES string of the molecule is CCCCCCCCCCCC[N+](OCC)(OCC)OCC.[Cl-]. The summed E-state index contributed by atoms with van der Waals surface area (Å²) in [5, 5.41) is 0. The Morgan fingerprint density at radius 1 is 0.522 bits per heavy atom. The van der Waals surface area contributed by atoms with E-state index in [9.17, 15) is 0 Å². The molecule has 0 amide bonds. The second-order valence-corrected chi connectivity index (χ2v) is 5.77. The van der Waals surface area contributed by atoms with Crippen LogP contribution in [0.15, 0.2) is 0 Å². The van der Waals surface area contributed by atoms with Crippen molar-refractivity contribution in [3.8, 4) is 0 Å². The number of quaternary nitrogens is 1. The first kappa shape index (κ1) is 25.4. The quantitative estimate of drug-likeness (QED) is 0.228. The Kier molecular flexibility index (Phi) is 20.4. The Balaban J connectivity index is 0. The standard InChI is InChI=1S/C18H40NO3.ClH/c1-5-9-10-11-12-13-14-15-16-17-18-19(20-6-2,21-7-3)22-8-4;/h5-18H2,1-4H3;1H/q+1;/p-1. The molecule has 0 saturated heterocycles. The van der Waals surface area contributed by atoms with E-state index >= 15 is 0 Å². The molecule has 0 bridgehead atoms. The topological polar surface area (TPSA) is 27.7 Å². The highest BCUT2D eigenvalue weighted by molar-refractivity contribution is 4.46. The Labute approximate surface area is 150 Å². The van der Waals surface area contributed by atoms with Crippen molar-refractivity contribution in [3.05, 3.63) is 0 Å². The third-order valence-corrected chi connectivity index (χ3v) is 3.76. The van der Waals surface area contributed by atoms with E-state index < -0.39 is 0 Å². The van der Waals surface area contributed by atoms with Crippen LogP contribution in [0.2, 0.25) is 0 Å². The molecule has 0 N–H and O–H groups in total. The third kappa shape index (κ3) is 14.2. The number of nitrogens with zero attached hydrogens (tertiary/aromatic N) is 1. The van der Waals surface area contributed by atoms with E-state index in [-0.39, 0.29) is 17.4 Å². The fourth-order valence-electron chi connectivity index (χ4n) is 2.69. The van der Waals surface area contributed by atoms with Crippen molar-refractivity contribution < 1.29 is 31.9 Å². The number of hydrogen-bond donors (Lipinski definition) is 0. The summed E-state index contributed by atoms with van der Waals surface area (Å²) in [6.45, 7) is 10.8. The molecule has 0 aromatic heterocycles. The molecule has 142 valence electrons. The summed E-state index contributed by atoms with van der Waals surface area (Å²) in [7, 11) is 0. The summed E-state index contributed by atoms with van der Waals surface area (Å²) in [5.74, 6) is 0. The average Bonchev–Trinajstić information content (AvgIpc) is 2.50. The van der Waals surface area contributed by atoms with Gasteiger partial charge in [-0.1, -0.05) is 58.3 Å². The van der Waals surface area contributed by atoms with Crippen LogP contribution < -0.4 is 12.4 Å². The van der Waals surface area contributed by atoms with Gasteiger partial charge < -0.3 is 12.4 Å². The van der Waals surface area contributed by atoms with Gasteiger partial charge in [-0.2, -0.15) is 0 Å². The summed E-state index contributed by atoms with van der Waals surface area (Å²) in [6, 6.07) is 0. The van der Waals surface area contributed by atoms with E-state index in [1.807, 2.05) is 20.8 Å². The molecule has 0 rings (SSSR count). The molecule has 0 aromatic carbocycles. The van der Waals surface area contributed by atoms with Gasteiger partial charge in [0, 0.05) is 6.42 Å². The van der Waals surface area contributed by atoms with E-state index in [1.54, 1.807) is 0 Å². The summed E-state index contributed by atoms with van der Waals surface area (Å²) < 4.78 is 0. The molecular formula is C18H40ClNO3. The van der Waals surface area contributed by atoms with E-state index in [4.69, 9.17) is 14.5 Å². The van der Waals surface area contributed by atoms with E-state index in [1.165, 1.54) is 57.8 Å². The molecule has 5 heteroatoms. The lowest BCUT2D eigenvalue weighted by Crippen LogP contribution is -3.00. The van der Waals surface area contributed by atoms with E-state index in [0.717, 1.165) is 13.0 Å². The zero-order chi connectivity index (χ0) is 16.5. The molecular weight excluding hydrogens is 314 g/mol. The van der Waals surface area contributed by atoms with Crippen LogP contribution in [-0.4, -0.2) is 31.3 Å². The Bertz CT molecular complexity index is 213. The average molecular weight is 354 g/mol. The Morgan fingerprint density at radius 2 is 0.870 bits per heavy atom. The fourth-order valence-corrected chi connectivity index (χ4v) is 2.69. The molecule has 0 aliphatic heterocycles. The molecule has 0 aliphatic carbocycles. The van der Waals surface area contributed by atoms with Gasteiger partial charge in [-0.25, -0.2) is 0 Å². The van der Waals surface area contributed by atoms with Crippen LogP contribution in [0.3, 0.4) is 0 Å². The van der Waals surface area contributed by atoms with Crippen molar-refractivity contribution in [1.29, 1.82) is 0 Å². The van der Waals surface area contributed by atoms with Crippen molar-refractivity contribution in [2.45, 2.75) is 91.9 Å². The van der Waals surface area contributed by atoms with Gasteiger partial charge in [0.25, 0.3) is 0 Å². The second kappa shape index (κ2) is 18.5. The van der Waals surface area contributed by atoms with Gasteiger partial charge in [0.1, 0.15) is 19.8 Å². The smallest absolute Gasteiger partial charge is 0.178 e. The lowest BCUT2D eigenvalue weighted by Gasteiger charge is -2.28. The van der Waals surface area contributed by atoms with Crippen molar-refractivity contribution in [1.82, 2.24) is 0 Å². The third-order valence-electron chi connectivity index (χ3n) is 3.76. The minimum absolute atomic E-state index is 0. The van der Waals surface area contributed by atoms with Crippen molar-refractivity contribution >= 4 is 0 Å². The maximum Gasteiger partial charge on any atom is 0.178 e. The molecule has 0 spiro atoms. The number of hydrogen-bond acceptors (Lipinski definition) is 3. The number of rotatable bonds is 17. The van der Waals surface area contributed by atoms with Crippen molar-refractivity contribution in [2.24, 2.45) is 0 Å². The fraction of sp³-hybridized carbons (Fsp3) is 1.00. The summed E-state index contributed by atoms with van der Waals surface area (Å²) in [5.41, 5.74) is 0. The van der Waals surface area contributed by atoms with Crippen molar-refractivity contribution in [2.75, 3.05) is 26.4 Å². The van der Waals surface area contributed by atoms with Crippen LogP contribution in [0.1, 0.15) is 91.9 Å². The lowest BCUT2D eigenvalue weighted by molar-refractivity contribution is -1.37.